The van der Waals surface area contributed by atoms with Gasteiger partial charge < -0.3 is 15.4 Å². The van der Waals surface area contributed by atoms with E-state index in [2.05, 4.69) is 0 Å². The van der Waals surface area contributed by atoms with Crippen LogP contribution in [0.5, 0.6) is 5.75 Å². The molecule has 0 fully saturated rings. The van der Waals surface area contributed by atoms with Crippen molar-refractivity contribution >= 4 is 34.7 Å². The normalized spacial score (nSPS) is 11.8. The van der Waals surface area contributed by atoms with Crippen LogP contribution in [0.2, 0.25) is 5.02 Å². The summed E-state index contributed by atoms with van der Waals surface area (Å²) < 4.78 is 5.18. The number of nitrogens with zero attached hydrogens (tertiary/aromatic N) is 1. The summed E-state index contributed by atoms with van der Waals surface area (Å²) in [7, 11) is 3.21. The van der Waals surface area contributed by atoms with Crippen molar-refractivity contribution in [3.8, 4) is 5.75 Å². The van der Waals surface area contributed by atoms with Gasteiger partial charge in [0.1, 0.15) is 5.75 Å². The number of rotatable bonds is 5. The van der Waals surface area contributed by atoms with Crippen LogP contribution >= 0.6 is 23.8 Å². The molecule has 0 aromatic heterocycles. The molecule has 104 valence electrons. The summed E-state index contributed by atoms with van der Waals surface area (Å²) in [6.07, 6.45) is 0.473. The summed E-state index contributed by atoms with van der Waals surface area (Å²) in [5.74, 6) is 0.312. The van der Waals surface area contributed by atoms with E-state index in [1.54, 1.807) is 30.1 Å². The summed E-state index contributed by atoms with van der Waals surface area (Å²) in [6.45, 7) is 1.88. The molecule has 0 aliphatic rings. The Hall–Kier alpha value is -1.33. The quantitative estimate of drug-likeness (QED) is 0.849. The zero-order chi connectivity index (χ0) is 14.6. The van der Waals surface area contributed by atoms with Gasteiger partial charge in [-0.25, -0.2) is 0 Å². The molecule has 0 radical (unpaired) electrons. The van der Waals surface area contributed by atoms with Gasteiger partial charge >= 0.3 is 0 Å². The van der Waals surface area contributed by atoms with Crippen molar-refractivity contribution in [2.75, 3.05) is 14.2 Å². The second kappa shape index (κ2) is 6.73. The molecule has 0 saturated heterocycles. The zero-order valence-electron chi connectivity index (χ0n) is 11.1. The first kappa shape index (κ1) is 15.7. The highest BCUT2D eigenvalue weighted by Crippen LogP contribution is 2.24. The highest BCUT2D eigenvalue weighted by molar-refractivity contribution is 7.80. The minimum Gasteiger partial charge on any atom is -0.496 e. The van der Waals surface area contributed by atoms with Crippen LogP contribution in [0.15, 0.2) is 18.2 Å². The fourth-order valence-electron chi connectivity index (χ4n) is 1.67. The van der Waals surface area contributed by atoms with E-state index in [-0.39, 0.29) is 11.9 Å². The van der Waals surface area contributed by atoms with Crippen molar-refractivity contribution in [2.24, 2.45) is 5.73 Å². The van der Waals surface area contributed by atoms with Crippen molar-refractivity contribution in [1.82, 2.24) is 4.90 Å². The molecule has 1 rings (SSSR count). The summed E-state index contributed by atoms with van der Waals surface area (Å²) in [4.78, 5) is 14.4. The van der Waals surface area contributed by atoms with Gasteiger partial charge in [0.2, 0.25) is 0 Å². The number of amides is 1. The van der Waals surface area contributed by atoms with Gasteiger partial charge in [-0.1, -0.05) is 23.8 Å². The molecule has 1 unspecified atom stereocenters. The minimum atomic E-state index is -0.178. The first-order valence-electron chi connectivity index (χ1n) is 5.75. The van der Waals surface area contributed by atoms with E-state index >= 15 is 0 Å². The number of methoxy groups -OCH3 is 1. The fraction of sp³-hybridized carbons (Fsp3) is 0.385. The van der Waals surface area contributed by atoms with E-state index in [0.29, 0.717) is 27.7 Å². The summed E-state index contributed by atoms with van der Waals surface area (Å²) >= 11 is 10.8. The maximum absolute atomic E-state index is 12.4. The third-order valence-corrected chi connectivity index (χ3v) is 3.27. The van der Waals surface area contributed by atoms with Crippen molar-refractivity contribution in [3.63, 3.8) is 0 Å². The van der Waals surface area contributed by atoms with Crippen molar-refractivity contribution < 1.29 is 9.53 Å². The Bertz CT molecular complexity index is 494. The number of carbonyl (C=O) groups is 1. The predicted molar refractivity (Wildman–Crippen MR) is 81.0 cm³/mol. The lowest BCUT2D eigenvalue weighted by atomic mass is 10.1. The van der Waals surface area contributed by atoms with Crippen LogP contribution in [-0.4, -0.2) is 36.0 Å². The Morgan fingerprint density at radius 1 is 1.58 bits per heavy atom. The maximum Gasteiger partial charge on any atom is 0.257 e. The minimum absolute atomic E-state index is 0.0892. The molecule has 6 heteroatoms. The van der Waals surface area contributed by atoms with Crippen LogP contribution in [0.1, 0.15) is 23.7 Å². The van der Waals surface area contributed by atoms with Gasteiger partial charge in [-0.2, -0.15) is 0 Å². The maximum atomic E-state index is 12.4. The Kier molecular flexibility index (Phi) is 5.57. The summed E-state index contributed by atoms with van der Waals surface area (Å²) in [5.41, 5.74) is 5.92. The lowest BCUT2D eigenvalue weighted by Crippen LogP contribution is -2.37. The number of thiocarbonyl (C=S) groups is 1. The molecule has 0 aliphatic heterocycles. The topological polar surface area (TPSA) is 55.6 Å². The van der Waals surface area contributed by atoms with Gasteiger partial charge in [0.05, 0.1) is 17.7 Å². The molecule has 2 N–H and O–H groups in total. The monoisotopic (exact) mass is 300 g/mol. The van der Waals surface area contributed by atoms with Gasteiger partial charge in [0.15, 0.2) is 0 Å². The molecule has 1 amide bonds. The van der Waals surface area contributed by atoms with Crippen LogP contribution < -0.4 is 10.5 Å². The highest BCUT2D eigenvalue weighted by Gasteiger charge is 2.21. The number of hydrogen-bond acceptors (Lipinski definition) is 3. The van der Waals surface area contributed by atoms with Crippen molar-refractivity contribution in [3.05, 3.63) is 28.8 Å². The first-order valence-corrected chi connectivity index (χ1v) is 6.54. The standard InChI is InChI=1S/C13H17ClN2O2S/c1-8(6-12(15)19)16(2)13(17)10-7-9(14)4-5-11(10)18-3/h4-5,7-8H,6H2,1-3H3,(H2,15,19). The molecule has 1 aromatic carbocycles. The van der Waals surface area contributed by atoms with E-state index < -0.39 is 0 Å². The Balaban J connectivity index is 2.99. The molecule has 0 heterocycles. The average Bonchev–Trinajstić information content (AvgIpc) is 2.36. The Labute approximate surface area is 123 Å². The van der Waals surface area contributed by atoms with Crippen LogP contribution in [-0.2, 0) is 0 Å². The van der Waals surface area contributed by atoms with Crippen LogP contribution in [0.4, 0.5) is 0 Å². The molecule has 1 atom stereocenters. The van der Waals surface area contributed by atoms with E-state index in [0.717, 1.165) is 0 Å². The molecule has 1 aromatic rings. The number of carbonyl (C=O) groups excluding carboxylic acids is 1. The zero-order valence-corrected chi connectivity index (χ0v) is 12.7. The lowest BCUT2D eigenvalue weighted by Gasteiger charge is -2.25. The largest absolute Gasteiger partial charge is 0.496 e. The average molecular weight is 301 g/mol. The number of ether oxygens (including phenoxy) is 1. The summed E-state index contributed by atoms with van der Waals surface area (Å²) in [5, 5.41) is 0.486. The predicted octanol–water partition coefficient (Wildman–Crippen LogP) is 2.49. The Morgan fingerprint density at radius 3 is 2.74 bits per heavy atom. The molecular formula is C13H17ClN2O2S. The number of benzene rings is 1. The molecule has 4 nitrogen and oxygen atoms in total. The molecule has 0 bridgehead atoms. The van der Waals surface area contributed by atoms with E-state index in [1.807, 2.05) is 6.92 Å². The molecule has 19 heavy (non-hydrogen) atoms. The molecule has 0 saturated carbocycles. The highest BCUT2D eigenvalue weighted by atomic mass is 35.5. The number of hydrogen-bond donors (Lipinski definition) is 1. The van der Waals surface area contributed by atoms with E-state index in [4.69, 9.17) is 34.3 Å². The van der Waals surface area contributed by atoms with E-state index in [9.17, 15) is 4.79 Å². The van der Waals surface area contributed by atoms with Gasteiger partial charge in [0, 0.05) is 24.5 Å². The van der Waals surface area contributed by atoms with Gasteiger partial charge in [-0.05, 0) is 25.1 Å². The van der Waals surface area contributed by atoms with Gasteiger partial charge in [-0.15, -0.1) is 0 Å². The molecular weight excluding hydrogens is 284 g/mol. The summed E-state index contributed by atoms with van der Waals surface area (Å²) in [6, 6.07) is 4.85. The van der Waals surface area contributed by atoms with Gasteiger partial charge in [-0.3, -0.25) is 4.79 Å². The lowest BCUT2D eigenvalue weighted by molar-refractivity contribution is 0.0744. The second-order valence-electron chi connectivity index (χ2n) is 4.28. The molecule has 0 aliphatic carbocycles. The number of halogens is 1. The SMILES string of the molecule is COc1ccc(Cl)cc1C(=O)N(C)C(C)CC(N)=S. The third kappa shape index (κ3) is 4.08. The second-order valence-corrected chi connectivity index (χ2v) is 5.24. The van der Waals surface area contributed by atoms with E-state index in [1.165, 1.54) is 7.11 Å². The van der Waals surface area contributed by atoms with Crippen molar-refractivity contribution in [1.29, 1.82) is 0 Å². The van der Waals surface area contributed by atoms with Crippen LogP contribution in [0.25, 0.3) is 0 Å². The van der Waals surface area contributed by atoms with Crippen molar-refractivity contribution in [2.45, 2.75) is 19.4 Å². The van der Waals surface area contributed by atoms with Crippen LogP contribution in [0.3, 0.4) is 0 Å². The molecule has 0 spiro atoms. The third-order valence-electron chi connectivity index (χ3n) is 2.87. The van der Waals surface area contributed by atoms with Gasteiger partial charge in [0.25, 0.3) is 5.91 Å². The van der Waals surface area contributed by atoms with Crippen LogP contribution in [0, 0.1) is 0 Å². The fourth-order valence-corrected chi connectivity index (χ4v) is 2.08. The first-order chi connectivity index (χ1) is 8.86. The number of nitrogens with two attached hydrogens (primary N) is 1. The smallest absolute Gasteiger partial charge is 0.257 e. The Morgan fingerprint density at radius 2 is 2.21 bits per heavy atom.